The molecule has 0 saturated carbocycles. The van der Waals surface area contributed by atoms with Gasteiger partial charge in [-0.1, -0.05) is 49.4 Å². The summed E-state index contributed by atoms with van der Waals surface area (Å²) >= 11 is 0. The molecule has 43 heavy (non-hydrogen) atoms. The zero-order chi connectivity index (χ0) is 30.8. The van der Waals surface area contributed by atoms with Gasteiger partial charge in [0.25, 0.3) is 0 Å². The smallest absolute Gasteiger partial charge is 0.315 e. The van der Waals surface area contributed by atoms with Crippen LogP contribution in [0.15, 0.2) is 54.6 Å². The van der Waals surface area contributed by atoms with Gasteiger partial charge in [0, 0.05) is 31.6 Å². The van der Waals surface area contributed by atoms with Crippen molar-refractivity contribution in [1.29, 1.82) is 0 Å². The summed E-state index contributed by atoms with van der Waals surface area (Å²) in [7, 11) is 1.62. The van der Waals surface area contributed by atoms with Gasteiger partial charge in [-0.05, 0) is 61.8 Å². The van der Waals surface area contributed by atoms with E-state index in [1.807, 2.05) is 54.6 Å². The molecule has 2 fully saturated rings. The van der Waals surface area contributed by atoms with E-state index in [-0.39, 0.29) is 36.3 Å². The molecule has 0 aromatic heterocycles. The third-order valence-corrected chi connectivity index (χ3v) is 8.43. The zero-order valence-corrected chi connectivity index (χ0v) is 25.0. The van der Waals surface area contributed by atoms with Crippen LogP contribution in [0.3, 0.4) is 0 Å². The number of nitrogens with zero attached hydrogens (tertiary/aromatic N) is 1. The van der Waals surface area contributed by atoms with Crippen molar-refractivity contribution < 1.29 is 23.9 Å². The summed E-state index contributed by atoms with van der Waals surface area (Å²) in [6, 6.07) is 14.5. The Morgan fingerprint density at radius 2 is 1.67 bits per heavy atom. The summed E-state index contributed by atoms with van der Waals surface area (Å²) in [5.74, 6) is -0.503. The Morgan fingerprint density at radius 3 is 2.37 bits per heavy atom. The van der Waals surface area contributed by atoms with Crippen LogP contribution in [0, 0.1) is 5.92 Å². The number of carbonyl (C=O) groups is 4. The second-order valence-corrected chi connectivity index (χ2v) is 11.3. The number of benzene rings is 2. The van der Waals surface area contributed by atoms with E-state index in [4.69, 9.17) is 10.5 Å². The number of hydrogen-bond donors (Lipinski definition) is 5. The first-order valence-corrected chi connectivity index (χ1v) is 15.1. The average Bonchev–Trinajstić information content (AvgIpc) is 3.42. The van der Waals surface area contributed by atoms with Crippen LogP contribution in [-0.2, 0) is 27.3 Å². The molecule has 3 unspecified atom stereocenters. The number of methoxy groups -OCH3 is 1. The largest absolute Gasteiger partial charge is 0.497 e. The highest BCUT2D eigenvalue weighted by atomic mass is 16.5. The van der Waals surface area contributed by atoms with Crippen LogP contribution in [0.1, 0.15) is 50.2 Å². The third-order valence-electron chi connectivity index (χ3n) is 8.43. The lowest BCUT2D eigenvalue weighted by atomic mass is 9.92. The fourth-order valence-electron chi connectivity index (χ4n) is 5.84. The molecule has 2 aliphatic rings. The van der Waals surface area contributed by atoms with Gasteiger partial charge in [0.05, 0.1) is 13.2 Å². The lowest BCUT2D eigenvalue weighted by Gasteiger charge is -2.32. The van der Waals surface area contributed by atoms with E-state index in [9.17, 15) is 19.2 Å². The van der Waals surface area contributed by atoms with Crippen LogP contribution in [0.5, 0.6) is 5.75 Å². The Bertz CT molecular complexity index is 1240. The van der Waals surface area contributed by atoms with E-state index in [1.54, 1.807) is 18.9 Å². The van der Waals surface area contributed by atoms with Gasteiger partial charge in [-0.3, -0.25) is 14.4 Å². The third kappa shape index (κ3) is 8.47. The molecule has 4 rings (SSSR count). The molecule has 0 bridgehead atoms. The Kier molecular flexibility index (Phi) is 11.4. The van der Waals surface area contributed by atoms with E-state index in [2.05, 4.69) is 21.3 Å². The first-order valence-electron chi connectivity index (χ1n) is 15.1. The van der Waals surface area contributed by atoms with Gasteiger partial charge in [0.1, 0.15) is 17.8 Å². The summed E-state index contributed by atoms with van der Waals surface area (Å²) < 4.78 is 5.20. The minimum absolute atomic E-state index is 0.110. The van der Waals surface area contributed by atoms with Crippen molar-refractivity contribution in [1.82, 2.24) is 26.2 Å². The lowest BCUT2D eigenvalue weighted by molar-refractivity contribution is -0.143. The summed E-state index contributed by atoms with van der Waals surface area (Å²) in [5, 5.41) is 11.6. The van der Waals surface area contributed by atoms with Crippen molar-refractivity contribution in [3.05, 3.63) is 65.7 Å². The lowest BCUT2D eigenvalue weighted by Crippen LogP contribution is -2.59. The van der Waals surface area contributed by atoms with Crippen molar-refractivity contribution >= 4 is 23.8 Å². The van der Waals surface area contributed by atoms with Crippen LogP contribution in [-0.4, -0.2) is 73.0 Å². The predicted octanol–water partition coefficient (Wildman–Crippen LogP) is 1.85. The number of hydrogen-bond acceptors (Lipinski definition) is 6. The Labute approximate surface area is 253 Å². The first kappa shape index (κ1) is 31.8. The molecule has 0 aliphatic carbocycles. The highest BCUT2D eigenvalue weighted by molar-refractivity contribution is 5.94. The maximum Gasteiger partial charge on any atom is 0.315 e. The number of amides is 5. The van der Waals surface area contributed by atoms with Gasteiger partial charge in [-0.2, -0.15) is 0 Å². The van der Waals surface area contributed by atoms with Gasteiger partial charge >= 0.3 is 6.03 Å². The molecule has 0 radical (unpaired) electrons. The normalized spacial score (nSPS) is 22.1. The molecule has 2 saturated heterocycles. The van der Waals surface area contributed by atoms with Crippen molar-refractivity contribution in [3.63, 3.8) is 0 Å². The fourth-order valence-corrected chi connectivity index (χ4v) is 5.84. The van der Waals surface area contributed by atoms with Crippen molar-refractivity contribution in [2.45, 2.75) is 76.2 Å². The van der Waals surface area contributed by atoms with Crippen molar-refractivity contribution in [2.75, 3.05) is 20.2 Å². The quantitative estimate of drug-likeness (QED) is 0.253. The van der Waals surface area contributed by atoms with Gasteiger partial charge in [0.15, 0.2) is 0 Å². The van der Waals surface area contributed by atoms with Crippen molar-refractivity contribution in [3.8, 4) is 5.75 Å². The molecule has 11 heteroatoms. The van der Waals surface area contributed by atoms with E-state index < -0.39 is 24.0 Å². The van der Waals surface area contributed by atoms with E-state index in [0.717, 1.165) is 16.9 Å². The zero-order valence-electron chi connectivity index (χ0n) is 25.0. The fraction of sp³-hybridized carbons (Fsp3) is 0.500. The van der Waals surface area contributed by atoms with Gasteiger partial charge in [0.2, 0.25) is 17.7 Å². The van der Waals surface area contributed by atoms with Crippen LogP contribution >= 0.6 is 0 Å². The molecular formula is C32H44N6O5. The van der Waals surface area contributed by atoms with Crippen molar-refractivity contribution in [2.24, 2.45) is 11.7 Å². The van der Waals surface area contributed by atoms with Gasteiger partial charge < -0.3 is 36.6 Å². The monoisotopic (exact) mass is 592 g/mol. The molecule has 232 valence electrons. The minimum Gasteiger partial charge on any atom is -0.497 e. The molecule has 6 N–H and O–H groups in total. The first-order chi connectivity index (χ1) is 20.8. The molecule has 0 spiro atoms. The number of fused-ring (bicyclic) bond motifs is 1. The molecular weight excluding hydrogens is 548 g/mol. The number of carbonyl (C=O) groups excluding carboxylic acids is 4. The molecule has 2 aliphatic heterocycles. The van der Waals surface area contributed by atoms with E-state index in [0.29, 0.717) is 51.6 Å². The summed E-state index contributed by atoms with van der Waals surface area (Å²) in [6.07, 6.45) is 3.60. The van der Waals surface area contributed by atoms with E-state index >= 15 is 0 Å². The van der Waals surface area contributed by atoms with Crippen LogP contribution < -0.4 is 31.7 Å². The molecule has 5 atom stereocenters. The number of nitrogens with one attached hydrogen (secondary N) is 4. The summed E-state index contributed by atoms with van der Waals surface area (Å²) in [4.78, 5) is 54.5. The average molecular weight is 593 g/mol. The number of urea groups is 1. The molecule has 2 aromatic rings. The minimum atomic E-state index is -0.905. The van der Waals surface area contributed by atoms with Crippen LogP contribution in [0.4, 0.5) is 4.79 Å². The van der Waals surface area contributed by atoms with Gasteiger partial charge in [-0.25, -0.2) is 4.79 Å². The second kappa shape index (κ2) is 15.4. The maximum atomic E-state index is 14.1. The maximum absolute atomic E-state index is 14.1. The number of rotatable bonds is 12. The standard InChI is InChI=1S/C32H44N6O5/c1-3-26(33)29(39)37-28-23(20-36-32(42)35-19-22-7-5-4-6-8-22)11-12-24-13-16-27(38(24)31(28)41)30(40)34-18-17-21-9-14-25(43-2)15-10-21/h4-10,14-15,23-24,26-28H,3,11-13,16-20,33H2,1-2H3,(H,34,40)(H,37,39)(H2,35,36,42)/t23?,24?,26-,27-,28?/m0/s1. The topological polar surface area (TPSA) is 155 Å². The highest BCUT2D eigenvalue weighted by Crippen LogP contribution is 2.34. The SMILES string of the molecule is CC[C@H](N)C(=O)NC1C(=O)N2C(CCC1CNC(=O)NCc1ccccc1)CC[C@H]2C(=O)NCCc1ccc(OC)cc1. The van der Waals surface area contributed by atoms with Gasteiger partial charge in [-0.15, -0.1) is 0 Å². The van der Waals surface area contributed by atoms with Crippen LogP contribution in [0.25, 0.3) is 0 Å². The Hall–Kier alpha value is -4.12. The Balaban J connectivity index is 1.40. The van der Waals surface area contributed by atoms with E-state index in [1.165, 1.54) is 0 Å². The molecule has 5 amide bonds. The highest BCUT2D eigenvalue weighted by Gasteiger charge is 2.47. The van der Waals surface area contributed by atoms with Crippen LogP contribution in [0.2, 0.25) is 0 Å². The summed E-state index contributed by atoms with van der Waals surface area (Å²) in [6.45, 7) is 2.80. The second-order valence-electron chi connectivity index (χ2n) is 11.3. The molecule has 2 aromatic carbocycles. The number of nitrogens with two attached hydrogens (primary N) is 1. The Morgan fingerprint density at radius 1 is 0.953 bits per heavy atom. The summed E-state index contributed by atoms with van der Waals surface area (Å²) in [5.41, 5.74) is 8.03. The molecule has 2 heterocycles. The predicted molar refractivity (Wildman–Crippen MR) is 163 cm³/mol. The molecule has 11 nitrogen and oxygen atoms in total. The number of ether oxygens (including phenoxy) is 1.